The maximum Gasteiger partial charge on any atom is 0.306 e. The number of hydrogen-bond donors (Lipinski definition) is 4. The number of hydrogen-bond acceptors (Lipinski definition) is 10. The summed E-state index contributed by atoms with van der Waals surface area (Å²) in [6, 6.07) is 0. The average molecular weight is 845 g/mol. The van der Waals surface area contributed by atoms with Crippen LogP contribution in [0.2, 0.25) is 0 Å². The molecule has 0 radical (unpaired) electrons. The van der Waals surface area contributed by atoms with Gasteiger partial charge in [0, 0.05) is 12.8 Å². The monoisotopic (exact) mass is 845 g/mol. The minimum Gasteiger partial charge on any atom is -0.462 e. The molecule has 1 rings (SSSR count). The van der Waals surface area contributed by atoms with E-state index in [0.717, 1.165) is 64.2 Å². The van der Waals surface area contributed by atoms with Crippen LogP contribution in [0.4, 0.5) is 0 Å². The number of esters is 2. The van der Waals surface area contributed by atoms with Crippen LogP contribution in [0.3, 0.4) is 0 Å². The van der Waals surface area contributed by atoms with Gasteiger partial charge in [0.1, 0.15) is 31.0 Å². The minimum atomic E-state index is -1.61. The van der Waals surface area contributed by atoms with E-state index in [1.165, 1.54) is 64.2 Å². The van der Waals surface area contributed by atoms with Crippen LogP contribution < -0.4 is 0 Å². The quantitative estimate of drug-likeness (QED) is 0.0268. The molecule has 0 spiro atoms. The Morgan fingerprint density at radius 1 is 0.517 bits per heavy atom. The van der Waals surface area contributed by atoms with Gasteiger partial charge in [-0.2, -0.15) is 0 Å². The van der Waals surface area contributed by atoms with E-state index in [2.05, 4.69) is 80.7 Å². The summed E-state index contributed by atoms with van der Waals surface area (Å²) >= 11 is 0. The molecule has 6 atom stereocenters. The third kappa shape index (κ3) is 31.1. The lowest BCUT2D eigenvalue weighted by molar-refractivity contribution is -0.305. The molecule has 0 aromatic heterocycles. The van der Waals surface area contributed by atoms with Gasteiger partial charge in [-0.3, -0.25) is 9.59 Å². The lowest BCUT2D eigenvalue weighted by atomic mass is 9.99. The van der Waals surface area contributed by atoms with Crippen molar-refractivity contribution in [3.05, 3.63) is 72.9 Å². The van der Waals surface area contributed by atoms with Crippen LogP contribution >= 0.6 is 0 Å². The fourth-order valence-corrected chi connectivity index (χ4v) is 6.55. The Balaban J connectivity index is 2.37. The number of aliphatic hydroxyl groups excluding tert-OH is 4. The molecule has 10 heteroatoms. The van der Waals surface area contributed by atoms with Crippen molar-refractivity contribution in [2.45, 2.75) is 211 Å². The number of unbranched alkanes of at least 4 members (excludes halogenated alkanes) is 15. The summed E-state index contributed by atoms with van der Waals surface area (Å²) in [6.45, 7) is 3.30. The highest BCUT2D eigenvalue weighted by atomic mass is 16.7. The molecule has 1 aliphatic heterocycles. The first kappa shape index (κ1) is 55.2. The van der Waals surface area contributed by atoms with Crippen LogP contribution in [-0.2, 0) is 28.5 Å². The van der Waals surface area contributed by atoms with Gasteiger partial charge in [0.05, 0.1) is 13.2 Å². The summed E-state index contributed by atoms with van der Waals surface area (Å²) in [7, 11) is 0. The van der Waals surface area contributed by atoms with Gasteiger partial charge in [-0.15, -0.1) is 0 Å². The summed E-state index contributed by atoms with van der Waals surface area (Å²) in [4.78, 5) is 25.3. The Labute approximate surface area is 363 Å². The smallest absolute Gasteiger partial charge is 0.306 e. The lowest BCUT2D eigenvalue weighted by Gasteiger charge is -2.39. The van der Waals surface area contributed by atoms with Crippen molar-refractivity contribution in [3.63, 3.8) is 0 Å². The molecule has 1 heterocycles. The van der Waals surface area contributed by atoms with E-state index in [1.54, 1.807) is 0 Å². The largest absolute Gasteiger partial charge is 0.462 e. The number of allylic oxidation sites excluding steroid dienone is 12. The van der Waals surface area contributed by atoms with E-state index >= 15 is 0 Å². The van der Waals surface area contributed by atoms with Crippen molar-refractivity contribution in [2.24, 2.45) is 0 Å². The van der Waals surface area contributed by atoms with E-state index in [9.17, 15) is 30.0 Å². The summed E-state index contributed by atoms with van der Waals surface area (Å²) in [5, 5.41) is 40.1. The molecule has 0 aromatic carbocycles. The maximum absolute atomic E-state index is 12.8. The third-order valence-corrected chi connectivity index (χ3v) is 10.3. The van der Waals surface area contributed by atoms with Crippen LogP contribution in [0.15, 0.2) is 72.9 Å². The number of aliphatic hydroxyl groups is 4. The van der Waals surface area contributed by atoms with Crippen molar-refractivity contribution in [3.8, 4) is 0 Å². The molecule has 0 aliphatic carbocycles. The summed E-state index contributed by atoms with van der Waals surface area (Å²) in [6.07, 6.45) is 43.4. The van der Waals surface area contributed by atoms with E-state index in [0.29, 0.717) is 19.3 Å². The van der Waals surface area contributed by atoms with Crippen molar-refractivity contribution < 1.29 is 49.0 Å². The first-order valence-corrected chi connectivity index (χ1v) is 23.5. The van der Waals surface area contributed by atoms with E-state index < -0.39 is 55.4 Å². The molecule has 4 N–H and O–H groups in total. The van der Waals surface area contributed by atoms with E-state index in [1.807, 2.05) is 6.08 Å². The summed E-state index contributed by atoms with van der Waals surface area (Å²) < 4.78 is 22.1. The molecular formula is C50H84O10. The van der Waals surface area contributed by atoms with Gasteiger partial charge in [-0.1, -0.05) is 157 Å². The molecular weight excluding hydrogens is 761 g/mol. The fraction of sp³-hybridized carbons (Fsp3) is 0.720. The molecule has 344 valence electrons. The summed E-state index contributed by atoms with van der Waals surface area (Å²) in [5.41, 5.74) is 0. The standard InChI is InChI=1S/C50H84O10/c1-3-5-7-9-11-13-15-17-19-20-21-22-23-24-25-27-29-31-33-35-37-39-46(53)59-43(42-58-50-49(56)48(55)47(54)44(40-51)60-50)41-57-45(52)38-36-34-32-30-28-26-18-16-14-12-10-8-6-4-2/h10,12,16,18-20,22-23,25,27,31,33,43-44,47-51,54-56H,3-9,11,13-15,17,21,24,26,28-30,32,34-42H2,1-2H3/b12-10+,18-16+,20-19+,23-22+,27-25+,33-31+/t43-,44-,47+,48?,49?,50-/m1/s1. The highest BCUT2D eigenvalue weighted by Gasteiger charge is 2.44. The van der Waals surface area contributed by atoms with Gasteiger partial charge in [0.25, 0.3) is 0 Å². The summed E-state index contributed by atoms with van der Waals surface area (Å²) in [5.74, 6) is -0.894. The zero-order chi connectivity index (χ0) is 43.7. The molecule has 0 amide bonds. The molecule has 0 bridgehead atoms. The van der Waals surface area contributed by atoms with Crippen molar-refractivity contribution in [2.75, 3.05) is 19.8 Å². The zero-order valence-corrected chi connectivity index (χ0v) is 37.4. The van der Waals surface area contributed by atoms with E-state index in [-0.39, 0.29) is 26.1 Å². The van der Waals surface area contributed by atoms with Gasteiger partial charge in [-0.05, 0) is 77.0 Å². The second-order valence-electron chi connectivity index (χ2n) is 15.8. The van der Waals surface area contributed by atoms with Gasteiger partial charge in [-0.25, -0.2) is 0 Å². The van der Waals surface area contributed by atoms with Crippen molar-refractivity contribution in [1.29, 1.82) is 0 Å². The normalized spacial score (nSPS) is 20.5. The topological polar surface area (TPSA) is 152 Å². The van der Waals surface area contributed by atoms with Gasteiger partial charge < -0.3 is 39.4 Å². The molecule has 0 saturated carbocycles. The van der Waals surface area contributed by atoms with Crippen LogP contribution in [0.25, 0.3) is 0 Å². The molecule has 1 fully saturated rings. The molecule has 10 nitrogen and oxygen atoms in total. The fourth-order valence-electron chi connectivity index (χ4n) is 6.55. The van der Waals surface area contributed by atoms with Crippen LogP contribution in [0.1, 0.15) is 174 Å². The van der Waals surface area contributed by atoms with E-state index in [4.69, 9.17) is 18.9 Å². The van der Waals surface area contributed by atoms with Gasteiger partial charge in [0.15, 0.2) is 12.4 Å². The van der Waals surface area contributed by atoms with Gasteiger partial charge in [0.2, 0.25) is 0 Å². The predicted octanol–water partition coefficient (Wildman–Crippen LogP) is 10.4. The Morgan fingerprint density at radius 2 is 0.967 bits per heavy atom. The second-order valence-corrected chi connectivity index (χ2v) is 15.8. The van der Waals surface area contributed by atoms with Crippen LogP contribution in [0.5, 0.6) is 0 Å². The number of carbonyl (C=O) groups is 2. The third-order valence-electron chi connectivity index (χ3n) is 10.3. The van der Waals surface area contributed by atoms with Crippen molar-refractivity contribution >= 4 is 11.9 Å². The second kappa shape index (κ2) is 40.2. The average Bonchev–Trinajstić information content (AvgIpc) is 3.25. The van der Waals surface area contributed by atoms with Gasteiger partial charge >= 0.3 is 11.9 Å². The minimum absolute atomic E-state index is 0.148. The molecule has 1 aliphatic rings. The Hall–Kier alpha value is -2.86. The highest BCUT2D eigenvalue weighted by Crippen LogP contribution is 2.22. The Bertz CT molecular complexity index is 1210. The Kier molecular flexibility index (Phi) is 37.0. The first-order valence-electron chi connectivity index (χ1n) is 23.5. The van der Waals surface area contributed by atoms with Crippen molar-refractivity contribution in [1.82, 2.24) is 0 Å². The molecule has 60 heavy (non-hydrogen) atoms. The van der Waals surface area contributed by atoms with Crippen LogP contribution in [-0.4, -0.2) is 89.0 Å². The SMILES string of the molecule is CCCC/C=C/C/C=C/CCCCCCCC(=O)OC[C@H](CO[C@@H]1O[C@H](CO)[C@H](O)C(O)C1O)OC(=O)CCC/C=C/C/C=C/C/C=C/C/C=C/CCCCCCCCC. The number of rotatable bonds is 38. The predicted molar refractivity (Wildman–Crippen MR) is 242 cm³/mol. The Morgan fingerprint density at radius 3 is 1.50 bits per heavy atom. The van der Waals surface area contributed by atoms with Crippen LogP contribution in [0, 0.1) is 0 Å². The first-order chi connectivity index (χ1) is 29.3. The number of ether oxygens (including phenoxy) is 4. The molecule has 0 aromatic rings. The number of carbonyl (C=O) groups excluding carboxylic acids is 2. The highest BCUT2D eigenvalue weighted by molar-refractivity contribution is 5.70. The zero-order valence-electron chi connectivity index (χ0n) is 37.4. The molecule has 2 unspecified atom stereocenters. The maximum atomic E-state index is 12.8. The molecule has 1 saturated heterocycles. The lowest BCUT2D eigenvalue weighted by Crippen LogP contribution is -2.59.